The number of rotatable bonds is 7. The van der Waals surface area contributed by atoms with Crippen molar-refractivity contribution >= 4 is 40.9 Å². The Morgan fingerprint density at radius 3 is 2.14 bits per heavy atom. The fraction of sp³-hybridized carbons (Fsp3) is 0.533. The Kier molecular flexibility index (Phi) is 10.9. The lowest BCUT2D eigenvalue weighted by atomic mass is 9.80. The molecule has 1 saturated heterocycles. The molecule has 0 aromatic heterocycles. The van der Waals surface area contributed by atoms with E-state index in [1.54, 1.807) is 32.0 Å². The number of amides is 1. The van der Waals surface area contributed by atoms with Gasteiger partial charge in [-0.15, -0.1) is 0 Å². The van der Waals surface area contributed by atoms with Crippen molar-refractivity contribution in [3.8, 4) is 0 Å². The number of piperazine rings is 1. The van der Waals surface area contributed by atoms with Crippen molar-refractivity contribution < 1.29 is 23.9 Å². The number of nitrogens with zero attached hydrogens (tertiary/aromatic N) is 2. The predicted molar refractivity (Wildman–Crippen MR) is 164 cm³/mol. The van der Waals surface area contributed by atoms with Gasteiger partial charge in [0.2, 0.25) is 0 Å². The number of carbonyl (C=O) groups excluding carboxylic acids is 3. The Labute approximate surface area is 253 Å². The van der Waals surface area contributed by atoms with Gasteiger partial charge in [0, 0.05) is 49.3 Å². The topological polar surface area (TPSA) is 124 Å². The molecule has 0 atom stereocenters. The SMILES string of the molecule is COC(=O)C1=C(C)NC(C)=C(C(=O)OC)C1c1cccc(NC(=S)NNC(=O)CN2CCN(C3CCCCC3)CC2)c1. The van der Waals surface area contributed by atoms with Crippen molar-refractivity contribution in [3.63, 3.8) is 0 Å². The number of hydrogen-bond donors (Lipinski definition) is 4. The molecule has 228 valence electrons. The van der Waals surface area contributed by atoms with Crippen LogP contribution in [0.4, 0.5) is 5.69 Å². The molecule has 1 aromatic rings. The summed E-state index contributed by atoms with van der Waals surface area (Å²) >= 11 is 5.42. The fourth-order valence-corrected chi connectivity index (χ4v) is 6.32. The van der Waals surface area contributed by atoms with Crippen LogP contribution in [0.1, 0.15) is 57.4 Å². The van der Waals surface area contributed by atoms with Crippen molar-refractivity contribution in [1.82, 2.24) is 26.0 Å². The van der Waals surface area contributed by atoms with Crippen LogP contribution in [-0.4, -0.2) is 85.7 Å². The number of esters is 2. The second-order valence-corrected chi connectivity index (χ2v) is 11.4. The van der Waals surface area contributed by atoms with Gasteiger partial charge >= 0.3 is 11.9 Å². The normalized spacial score (nSPS) is 19.1. The highest BCUT2D eigenvalue weighted by atomic mass is 32.1. The van der Waals surface area contributed by atoms with Gasteiger partial charge in [-0.25, -0.2) is 9.59 Å². The van der Waals surface area contributed by atoms with Crippen LogP contribution in [0.3, 0.4) is 0 Å². The molecular weight excluding hydrogens is 556 g/mol. The van der Waals surface area contributed by atoms with Gasteiger partial charge in [-0.05, 0) is 56.6 Å². The third kappa shape index (κ3) is 7.67. The first kappa shape index (κ1) is 31.5. The van der Waals surface area contributed by atoms with Crippen LogP contribution in [-0.2, 0) is 23.9 Å². The molecule has 42 heavy (non-hydrogen) atoms. The van der Waals surface area contributed by atoms with E-state index >= 15 is 0 Å². The molecule has 2 heterocycles. The maximum atomic E-state index is 12.8. The molecule has 0 unspecified atom stereocenters. The summed E-state index contributed by atoms with van der Waals surface area (Å²) in [6.07, 6.45) is 6.59. The van der Waals surface area contributed by atoms with E-state index in [1.807, 2.05) is 6.07 Å². The number of hydrogen-bond acceptors (Lipinski definition) is 9. The maximum absolute atomic E-state index is 12.8. The van der Waals surface area contributed by atoms with Gasteiger partial charge in [-0.1, -0.05) is 31.4 Å². The van der Waals surface area contributed by atoms with E-state index in [1.165, 1.54) is 46.3 Å². The molecule has 0 spiro atoms. The quantitative estimate of drug-likeness (QED) is 0.210. The van der Waals surface area contributed by atoms with Crippen molar-refractivity contribution in [1.29, 1.82) is 0 Å². The van der Waals surface area contributed by atoms with Crippen molar-refractivity contribution in [3.05, 3.63) is 52.4 Å². The number of anilines is 1. The molecule has 0 radical (unpaired) electrons. The summed E-state index contributed by atoms with van der Waals surface area (Å²) in [5.41, 5.74) is 8.53. The van der Waals surface area contributed by atoms with Crippen molar-refractivity contribution in [2.45, 2.75) is 57.9 Å². The van der Waals surface area contributed by atoms with Crippen LogP contribution in [0.15, 0.2) is 46.8 Å². The van der Waals surface area contributed by atoms with Crippen LogP contribution in [0, 0.1) is 0 Å². The first-order valence-corrected chi connectivity index (χ1v) is 14.9. The molecule has 12 heteroatoms. The van der Waals surface area contributed by atoms with Gasteiger partial charge in [0.1, 0.15) is 0 Å². The van der Waals surface area contributed by atoms with Crippen LogP contribution < -0.4 is 21.5 Å². The number of carbonyl (C=O) groups is 3. The lowest BCUT2D eigenvalue weighted by molar-refractivity contribution is -0.137. The van der Waals surface area contributed by atoms with Gasteiger partial charge in [0.25, 0.3) is 5.91 Å². The van der Waals surface area contributed by atoms with Gasteiger partial charge in [-0.3, -0.25) is 25.4 Å². The van der Waals surface area contributed by atoms with E-state index in [4.69, 9.17) is 21.7 Å². The molecule has 1 amide bonds. The van der Waals surface area contributed by atoms with E-state index < -0.39 is 17.9 Å². The molecular formula is C30H42N6O5S. The van der Waals surface area contributed by atoms with Crippen molar-refractivity contribution in [2.24, 2.45) is 0 Å². The smallest absolute Gasteiger partial charge is 0.336 e. The first-order valence-electron chi connectivity index (χ1n) is 14.5. The fourth-order valence-electron chi connectivity index (χ4n) is 6.15. The third-order valence-electron chi connectivity index (χ3n) is 8.23. The van der Waals surface area contributed by atoms with Gasteiger partial charge in [0.05, 0.1) is 37.8 Å². The number of methoxy groups -OCH3 is 2. The highest BCUT2D eigenvalue weighted by Gasteiger charge is 2.37. The largest absolute Gasteiger partial charge is 0.466 e. The zero-order valence-corrected chi connectivity index (χ0v) is 25.7. The van der Waals surface area contributed by atoms with E-state index in [0.29, 0.717) is 46.4 Å². The Morgan fingerprint density at radius 1 is 0.929 bits per heavy atom. The Morgan fingerprint density at radius 2 is 1.55 bits per heavy atom. The van der Waals surface area contributed by atoms with E-state index in [9.17, 15) is 14.4 Å². The lowest BCUT2D eigenvalue weighted by Crippen LogP contribution is -2.54. The highest BCUT2D eigenvalue weighted by molar-refractivity contribution is 7.80. The summed E-state index contributed by atoms with van der Waals surface area (Å²) in [6.45, 7) is 7.56. The van der Waals surface area contributed by atoms with Crippen LogP contribution >= 0.6 is 12.2 Å². The molecule has 11 nitrogen and oxygen atoms in total. The number of hydrazine groups is 1. The molecule has 3 aliphatic rings. The standard InChI is InChI=1S/C30H42N6O5S/c1-19-25(28(38)40-3)27(26(20(2)31-19)29(39)41-4)21-9-8-10-22(17-21)32-30(42)34-33-24(37)18-35-13-15-36(16-14-35)23-11-6-5-7-12-23/h8-10,17,23,27,31H,5-7,11-16,18H2,1-4H3,(H,33,37)(H2,32,34,42). The summed E-state index contributed by atoms with van der Waals surface area (Å²) in [5.74, 6) is -1.98. The van der Waals surface area contributed by atoms with E-state index in [-0.39, 0.29) is 11.0 Å². The summed E-state index contributed by atoms with van der Waals surface area (Å²) < 4.78 is 10.1. The van der Waals surface area contributed by atoms with E-state index in [0.717, 1.165) is 26.2 Å². The first-order chi connectivity index (χ1) is 20.2. The van der Waals surface area contributed by atoms with Crippen molar-refractivity contribution in [2.75, 3.05) is 52.3 Å². The molecule has 4 N–H and O–H groups in total. The Hall–Kier alpha value is -3.48. The minimum absolute atomic E-state index is 0.166. The Balaban J connectivity index is 1.34. The van der Waals surface area contributed by atoms with E-state index in [2.05, 4.69) is 31.3 Å². The molecule has 1 saturated carbocycles. The average molecular weight is 599 g/mol. The molecule has 0 bridgehead atoms. The number of dihydropyridines is 1. The zero-order valence-electron chi connectivity index (χ0n) is 24.9. The summed E-state index contributed by atoms with van der Waals surface area (Å²) in [6, 6.07) is 7.91. The summed E-state index contributed by atoms with van der Waals surface area (Å²) in [5, 5.41) is 6.36. The summed E-state index contributed by atoms with van der Waals surface area (Å²) in [4.78, 5) is 42.9. The molecule has 4 rings (SSSR count). The molecule has 2 aliphatic heterocycles. The zero-order chi connectivity index (χ0) is 30.2. The molecule has 2 fully saturated rings. The number of ether oxygens (including phenoxy) is 2. The molecule has 1 aliphatic carbocycles. The summed E-state index contributed by atoms with van der Waals surface area (Å²) in [7, 11) is 2.60. The van der Waals surface area contributed by atoms with Crippen LogP contribution in [0.5, 0.6) is 0 Å². The predicted octanol–water partition coefficient (Wildman–Crippen LogP) is 2.54. The van der Waals surface area contributed by atoms with Crippen LogP contribution in [0.2, 0.25) is 0 Å². The van der Waals surface area contributed by atoms with Gasteiger partial charge in [-0.2, -0.15) is 0 Å². The van der Waals surface area contributed by atoms with Crippen LogP contribution in [0.25, 0.3) is 0 Å². The highest BCUT2D eigenvalue weighted by Crippen LogP contribution is 2.39. The van der Waals surface area contributed by atoms with Gasteiger partial charge < -0.3 is 20.1 Å². The molecule has 1 aromatic carbocycles. The second kappa shape index (κ2) is 14.6. The average Bonchev–Trinajstić information content (AvgIpc) is 3.00. The number of nitrogens with one attached hydrogen (secondary N) is 4. The number of thiocarbonyl (C=S) groups is 1. The Bertz CT molecular complexity index is 1210. The maximum Gasteiger partial charge on any atom is 0.336 e. The minimum atomic E-state index is -0.715. The van der Waals surface area contributed by atoms with Gasteiger partial charge in [0.15, 0.2) is 5.11 Å². The minimum Gasteiger partial charge on any atom is -0.466 e. The second-order valence-electron chi connectivity index (χ2n) is 11.0. The number of allylic oxidation sites excluding steroid dienone is 2. The number of benzene rings is 1. The third-order valence-corrected chi connectivity index (χ3v) is 8.43. The monoisotopic (exact) mass is 598 g/mol. The lowest BCUT2D eigenvalue weighted by Gasteiger charge is -2.40.